The van der Waals surface area contributed by atoms with E-state index in [2.05, 4.69) is 10.2 Å². The van der Waals surface area contributed by atoms with Gasteiger partial charge >= 0.3 is 0 Å². The summed E-state index contributed by atoms with van der Waals surface area (Å²) in [7, 11) is 0. The Kier molecular flexibility index (Phi) is 6.09. The third-order valence-electron chi connectivity index (χ3n) is 4.95. The Morgan fingerprint density at radius 3 is 2.28 bits per heavy atom. The fourth-order valence-electron chi connectivity index (χ4n) is 3.33. The first-order valence-corrected chi connectivity index (χ1v) is 10.1. The van der Waals surface area contributed by atoms with Gasteiger partial charge in [-0.3, -0.25) is 9.67 Å². The standard InChI is InChI=1S/C23H17F4N3OS/c1-2-14-5-3-4-6-18(14)30-22(28-29-23(30)32)15-9-7-13(8-10-15)12-31-21-19(26)16(24)11-17(25)20(21)27/h3-11H,2,12H2,1H3,(H,29,32). The van der Waals surface area contributed by atoms with Gasteiger partial charge in [-0.05, 0) is 35.8 Å². The van der Waals surface area contributed by atoms with Crippen molar-refractivity contribution in [1.29, 1.82) is 0 Å². The van der Waals surface area contributed by atoms with E-state index in [0.29, 0.717) is 16.2 Å². The van der Waals surface area contributed by atoms with Crippen LogP contribution in [0.15, 0.2) is 54.6 Å². The van der Waals surface area contributed by atoms with E-state index >= 15 is 0 Å². The monoisotopic (exact) mass is 459 g/mol. The van der Waals surface area contributed by atoms with Gasteiger partial charge in [-0.2, -0.15) is 13.9 Å². The number of nitrogens with zero attached hydrogens (tertiary/aromatic N) is 2. The van der Waals surface area contributed by atoms with Crippen molar-refractivity contribution >= 4 is 12.2 Å². The number of benzene rings is 3. The van der Waals surface area contributed by atoms with Crippen LogP contribution >= 0.6 is 12.2 Å². The van der Waals surface area contributed by atoms with Crippen LogP contribution in [0, 0.1) is 28.0 Å². The second kappa shape index (κ2) is 8.96. The molecule has 0 bridgehead atoms. The summed E-state index contributed by atoms with van der Waals surface area (Å²) in [4.78, 5) is 0. The maximum Gasteiger partial charge on any atom is 0.203 e. The summed E-state index contributed by atoms with van der Waals surface area (Å²) in [6.45, 7) is 1.76. The van der Waals surface area contributed by atoms with E-state index in [9.17, 15) is 17.6 Å². The Balaban J connectivity index is 1.61. The van der Waals surface area contributed by atoms with E-state index in [0.717, 1.165) is 23.2 Å². The SMILES string of the molecule is CCc1ccccc1-n1c(-c2ccc(COc3c(F)c(F)cc(F)c3F)cc2)n[nH]c1=S. The average Bonchev–Trinajstić information content (AvgIpc) is 3.19. The zero-order chi connectivity index (χ0) is 22.8. The molecule has 0 aliphatic rings. The molecule has 0 atom stereocenters. The van der Waals surface area contributed by atoms with E-state index in [1.165, 1.54) is 0 Å². The predicted molar refractivity (Wildman–Crippen MR) is 114 cm³/mol. The van der Waals surface area contributed by atoms with Gasteiger partial charge in [0.05, 0.1) is 5.69 Å². The fraction of sp³-hybridized carbons (Fsp3) is 0.130. The highest BCUT2D eigenvalue weighted by molar-refractivity contribution is 7.71. The first-order chi connectivity index (χ1) is 15.4. The number of nitrogens with one attached hydrogen (secondary N) is 1. The quantitative estimate of drug-likeness (QED) is 0.209. The number of aromatic amines is 1. The zero-order valence-corrected chi connectivity index (χ0v) is 17.6. The van der Waals surface area contributed by atoms with Gasteiger partial charge in [-0.15, -0.1) is 0 Å². The zero-order valence-electron chi connectivity index (χ0n) is 16.8. The molecule has 9 heteroatoms. The molecule has 1 N–H and O–H groups in total. The number of aromatic nitrogens is 3. The van der Waals surface area contributed by atoms with E-state index in [4.69, 9.17) is 17.0 Å². The Morgan fingerprint density at radius 1 is 0.969 bits per heavy atom. The Morgan fingerprint density at radius 2 is 1.62 bits per heavy atom. The average molecular weight is 459 g/mol. The van der Waals surface area contributed by atoms with Crippen molar-refractivity contribution in [2.45, 2.75) is 20.0 Å². The van der Waals surface area contributed by atoms with Gasteiger partial charge in [0.15, 0.2) is 28.0 Å². The first-order valence-electron chi connectivity index (χ1n) is 9.71. The maximum atomic E-state index is 13.8. The van der Waals surface area contributed by atoms with Gasteiger partial charge < -0.3 is 4.74 Å². The fourth-order valence-corrected chi connectivity index (χ4v) is 3.56. The number of hydrogen-bond acceptors (Lipinski definition) is 3. The van der Waals surface area contributed by atoms with Crippen LogP contribution in [0.3, 0.4) is 0 Å². The normalized spacial score (nSPS) is 11.0. The molecule has 164 valence electrons. The molecule has 0 aliphatic carbocycles. The number of hydrogen-bond donors (Lipinski definition) is 1. The molecule has 4 rings (SSSR count). The van der Waals surface area contributed by atoms with Gasteiger partial charge in [0.2, 0.25) is 11.6 Å². The number of para-hydroxylation sites is 1. The molecule has 1 aromatic heterocycles. The van der Waals surface area contributed by atoms with Crippen LogP contribution in [0.1, 0.15) is 18.1 Å². The van der Waals surface area contributed by atoms with E-state index in [1.807, 2.05) is 35.8 Å². The van der Waals surface area contributed by atoms with Crippen molar-refractivity contribution < 1.29 is 22.3 Å². The summed E-state index contributed by atoms with van der Waals surface area (Å²) < 4.78 is 61.5. The van der Waals surface area contributed by atoms with Crippen LogP contribution in [0.2, 0.25) is 0 Å². The second-order valence-corrected chi connectivity index (χ2v) is 7.34. The van der Waals surface area contributed by atoms with Gasteiger partial charge in [0.25, 0.3) is 0 Å². The van der Waals surface area contributed by atoms with Crippen molar-refractivity contribution in [2.24, 2.45) is 0 Å². The largest absolute Gasteiger partial charge is 0.483 e. The van der Waals surface area contributed by atoms with Gasteiger partial charge in [0, 0.05) is 11.6 Å². The topological polar surface area (TPSA) is 42.8 Å². The molecule has 0 fully saturated rings. The molecular formula is C23H17F4N3OS. The van der Waals surface area contributed by atoms with Crippen molar-refractivity contribution in [1.82, 2.24) is 14.8 Å². The lowest BCUT2D eigenvalue weighted by Gasteiger charge is -2.12. The highest BCUT2D eigenvalue weighted by atomic mass is 32.1. The number of H-pyrrole nitrogens is 1. The van der Waals surface area contributed by atoms with E-state index < -0.39 is 29.0 Å². The van der Waals surface area contributed by atoms with Crippen molar-refractivity contribution in [3.8, 4) is 22.8 Å². The molecule has 0 spiro atoms. The predicted octanol–water partition coefficient (Wildman–Crippen LogP) is 6.29. The summed E-state index contributed by atoms with van der Waals surface area (Å²) in [5, 5.41) is 7.14. The molecule has 1 heterocycles. The smallest absolute Gasteiger partial charge is 0.203 e. The second-order valence-electron chi connectivity index (χ2n) is 6.95. The lowest BCUT2D eigenvalue weighted by molar-refractivity contribution is 0.261. The van der Waals surface area contributed by atoms with Crippen LogP contribution in [-0.4, -0.2) is 14.8 Å². The number of halogens is 4. The molecule has 0 amide bonds. The minimum absolute atomic E-state index is 0.134. The van der Waals surface area contributed by atoms with Crippen LogP contribution in [0.5, 0.6) is 5.75 Å². The van der Waals surface area contributed by atoms with Crippen molar-refractivity contribution in [3.63, 3.8) is 0 Å². The molecule has 0 radical (unpaired) electrons. The number of ether oxygens (including phenoxy) is 1. The third kappa shape index (κ3) is 4.03. The van der Waals surface area contributed by atoms with Crippen LogP contribution < -0.4 is 4.74 Å². The van der Waals surface area contributed by atoms with Crippen molar-refractivity contribution in [2.75, 3.05) is 0 Å². The lowest BCUT2D eigenvalue weighted by Crippen LogP contribution is -2.04. The molecule has 32 heavy (non-hydrogen) atoms. The van der Waals surface area contributed by atoms with E-state index in [1.54, 1.807) is 24.3 Å². The lowest BCUT2D eigenvalue weighted by atomic mass is 10.1. The van der Waals surface area contributed by atoms with Crippen LogP contribution in [0.4, 0.5) is 17.6 Å². The van der Waals surface area contributed by atoms with E-state index in [-0.39, 0.29) is 12.7 Å². The maximum absolute atomic E-state index is 13.8. The first kappa shape index (κ1) is 21.8. The molecule has 3 aromatic carbocycles. The molecule has 0 saturated carbocycles. The van der Waals surface area contributed by atoms with Gasteiger partial charge in [0.1, 0.15) is 6.61 Å². The molecule has 4 nitrogen and oxygen atoms in total. The van der Waals surface area contributed by atoms with Crippen LogP contribution in [0.25, 0.3) is 17.1 Å². The summed E-state index contributed by atoms with van der Waals surface area (Å²) in [5.74, 6) is -6.71. The Hall–Kier alpha value is -3.46. The van der Waals surface area contributed by atoms with Crippen LogP contribution in [-0.2, 0) is 13.0 Å². The molecule has 0 aliphatic heterocycles. The summed E-state index contributed by atoms with van der Waals surface area (Å²) >= 11 is 5.42. The molecule has 4 aromatic rings. The number of rotatable bonds is 6. The highest BCUT2D eigenvalue weighted by Gasteiger charge is 2.20. The summed E-state index contributed by atoms with van der Waals surface area (Å²) in [6, 6.07) is 14.8. The molecule has 0 saturated heterocycles. The molecular weight excluding hydrogens is 442 g/mol. The Bertz CT molecular complexity index is 1310. The summed E-state index contributed by atoms with van der Waals surface area (Å²) in [5.41, 5.74) is 3.28. The third-order valence-corrected chi connectivity index (χ3v) is 5.23. The minimum atomic E-state index is -1.58. The minimum Gasteiger partial charge on any atom is -0.483 e. The summed E-state index contributed by atoms with van der Waals surface area (Å²) in [6.07, 6.45) is 0.812. The van der Waals surface area contributed by atoms with Gasteiger partial charge in [-0.1, -0.05) is 49.4 Å². The number of aryl methyl sites for hydroxylation is 1. The molecule has 0 unspecified atom stereocenters. The Labute approximate surface area is 186 Å². The van der Waals surface area contributed by atoms with Crippen molar-refractivity contribution in [3.05, 3.63) is 93.8 Å². The highest BCUT2D eigenvalue weighted by Crippen LogP contribution is 2.28. The van der Waals surface area contributed by atoms with Gasteiger partial charge in [-0.25, -0.2) is 8.78 Å².